The zero-order chi connectivity index (χ0) is 24.6. The average molecular weight is 473 g/mol. The molecule has 0 saturated carbocycles. The molecule has 0 N–H and O–H groups in total. The van der Waals surface area contributed by atoms with Gasteiger partial charge in [0.2, 0.25) is 11.5 Å². The molecule has 1 aliphatic carbocycles. The Morgan fingerprint density at radius 3 is 2.26 bits per heavy atom. The minimum absolute atomic E-state index is 0.0608. The van der Waals surface area contributed by atoms with E-state index >= 15 is 0 Å². The fraction of sp³-hybridized carbons (Fsp3) is 0.185. The van der Waals surface area contributed by atoms with Gasteiger partial charge in [0, 0.05) is 7.11 Å². The molecule has 3 aliphatic rings. The fourth-order valence-electron chi connectivity index (χ4n) is 4.31. The van der Waals surface area contributed by atoms with Gasteiger partial charge < -0.3 is 18.9 Å². The number of hydroxylamine groups is 1. The zero-order valence-electron chi connectivity index (χ0n) is 19.4. The Morgan fingerprint density at radius 2 is 1.63 bits per heavy atom. The molecule has 2 heterocycles. The molecule has 8 nitrogen and oxygen atoms in total. The molecule has 6 rings (SSSR count). The van der Waals surface area contributed by atoms with Crippen molar-refractivity contribution in [2.75, 3.05) is 26.4 Å². The lowest BCUT2D eigenvalue weighted by Crippen LogP contribution is -2.48. The summed E-state index contributed by atoms with van der Waals surface area (Å²) in [6.45, 7) is 0. The van der Waals surface area contributed by atoms with E-state index < -0.39 is 23.6 Å². The average Bonchev–Trinajstić information content (AvgIpc) is 3.10. The first-order valence-corrected chi connectivity index (χ1v) is 10.9. The molecule has 0 amide bonds. The highest BCUT2D eigenvalue weighted by atomic mass is 16.8. The molecular formula is C27H23NO7. The van der Waals surface area contributed by atoms with E-state index in [2.05, 4.69) is 0 Å². The minimum Gasteiger partial charge on any atom is -0.493 e. The van der Waals surface area contributed by atoms with Crippen LogP contribution in [0.25, 0.3) is 0 Å². The summed E-state index contributed by atoms with van der Waals surface area (Å²) in [5.41, 5.74) is 1.65. The Bertz CT molecular complexity index is 1310. The molecule has 0 fully saturated rings. The van der Waals surface area contributed by atoms with E-state index in [1.807, 2.05) is 36.4 Å². The number of ketones is 1. The maximum atomic E-state index is 14.0. The summed E-state index contributed by atoms with van der Waals surface area (Å²) in [6.07, 6.45) is 3.39. The van der Waals surface area contributed by atoms with Crippen molar-refractivity contribution in [3.05, 3.63) is 95.6 Å². The highest BCUT2D eigenvalue weighted by Gasteiger charge is 2.52. The molecule has 0 aromatic heterocycles. The zero-order valence-corrected chi connectivity index (χ0v) is 19.4. The van der Waals surface area contributed by atoms with Gasteiger partial charge in [-0.15, -0.1) is 0 Å². The highest BCUT2D eigenvalue weighted by Crippen LogP contribution is 2.51. The number of carbonyl (C=O) groups is 2. The van der Waals surface area contributed by atoms with Crippen molar-refractivity contribution in [1.82, 2.24) is 0 Å². The van der Waals surface area contributed by atoms with Crippen molar-refractivity contribution >= 4 is 17.4 Å². The lowest BCUT2D eigenvalue weighted by molar-refractivity contribution is -0.169. The third-order valence-electron chi connectivity index (χ3n) is 6.02. The largest absolute Gasteiger partial charge is 0.493 e. The molecule has 3 aromatic rings. The van der Waals surface area contributed by atoms with Crippen LogP contribution in [0.5, 0.6) is 17.2 Å². The molecular weight excluding hydrogens is 450 g/mol. The van der Waals surface area contributed by atoms with Crippen LogP contribution in [-0.4, -0.2) is 38.9 Å². The number of benzene rings is 3. The SMILES string of the molecule is COc1cc2c(c(OC(=O)c3ccccc3)c1OC)C(=O)[C@]1(OC)C=C[C@H]2N(c2ccccc2)O1. The summed E-state index contributed by atoms with van der Waals surface area (Å²) in [4.78, 5) is 33.2. The molecule has 2 atom stereocenters. The summed E-state index contributed by atoms with van der Waals surface area (Å²) in [6, 6.07) is 19.0. The number of fused-ring (bicyclic) bond motifs is 1. The molecule has 8 heteroatoms. The van der Waals surface area contributed by atoms with Crippen LogP contribution in [0.15, 0.2) is 78.9 Å². The molecule has 0 saturated heterocycles. The van der Waals surface area contributed by atoms with Crippen LogP contribution in [0.3, 0.4) is 0 Å². The maximum absolute atomic E-state index is 14.0. The van der Waals surface area contributed by atoms with E-state index in [1.54, 1.807) is 47.5 Å². The van der Waals surface area contributed by atoms with Crippen LogP contribution in [0.2, 0.25) is 0 Å². The summed E-state index contributed by atoms with van der Waals surface area (Å²) in [5, 5.41) is 1.60. The number of rotatable bonds is 6. The number of methoxy groups -OCH3 is 3. The molecule has 2 aliphatic heterocycles. The highest BCUT2D eigenvalue weighted by molar-refractivity contribution is 6.09. The number of para-hydroxylation sites is 1. The summed E-state index contributed by atoms with van der Waals surface area (Å²) < 4.78 is 22.6. The first kappa shape index (κ1) is 22.6. The number of anilines is 1. The van der Waals surface area contributed by atoms with Crippen LogP contribution < -0.4 is 19.3 Å². The second kappa shape index (κ2) is 8.90. The van der Waals surface area contributed by atoms with E-state index in [0.29, 0.717) is 22.6 Å². The fourth-order valence-corrected chi connectivity index (χ4v) is 4.31. The predicted molar refractivity (Wildman–Crippen MR) is 127 cm³/mol. The van der Waals surface area contributed by atoms with E-state index in [1.165, 1.54) is 21.3 Å². The monoisotopic (exact) mass is 473 g/mol. The van der Waals surface area contributed by atoms with E-state index in [0.717, 1.165) is 0 Å². The maximum Gasteiger partial charge on any atom is 0.343 e. The minimum atomic E-state index is -1.77. The third-order valence-corrected chi connectivity index (χ3v) is 6.02. The van der Waals surface area contributed by atoms with Crippen LogP contribution >= 0.6 is 0 Å². The predicted octanol–water partition coefficient (Wildman–Crippen LogP) is 4.51. The number of hydrogen-bond donors (Lipinski definition) is 0. The van der Waals surface area contributed by atoms with Crippen molar-refractivity contribution in [2.24, 2.45) is 0 Å². The molecule has 35 heavy (non-hydrogen) atoms. The lowest BCUT2D eigenvalue weighted by atomic mass is 9.95. The van der Waals surface area contributed by atoms with Gasteiger partial charge >= 0.3 is 5.97 Å². The van der Waals surface area contributed by atoms with E-state index in [-0.39, 0.29) is 17.1 Å². The van der Waals surface area contributed by atoms with Gasteiger partial charge in [0.15, 0.2) is 11.5 Å². The Morgan fingerprint density at radius 1 is 0.943 bits per heavy atom. The van der Waals surface area contributed by atoms with Gasteiger partial charge in [-0.05, 0) is 42.0 Å². The van der Waals surface area contributed by atoms with Crippen LogP contribution in [0.4, 0.5) is 5.69 Å². The number of Topliss-reactive ketones (excluding diaryl/α,β-unsaturated/α-hetero) is 1. The molecule has 0 spiro atoms. The normalized spacial score (nSPS) is 20.3. The van der Waals surface area contributed by atoms with E-state index in [9.17, 15) is 9.59 Å². The van der Waals surface area contributed by atoms with E-state index in [4.69, 9.17) is 23.8 Å². The Kier molecular flexibility index (Phi) is 5.76. The van der Waals surface area contributed by atoms with Crippen LogP contribution in [-0.2, 0) is 9.57 Å². The van der Waals surface area contributed by atoms with Crippen LogP contribution in [0.1, 0.15) is 32.3 Å². The summed E-state index contributed by atoms with van der Waals surface area (Å²) in [5.74, 6) is -2.61. The number of nitrogens with zero attached hydrogens (tertiary/aromatic N) is 1. The van der Waals surface area contributed by atoms with Gasteiger partial charge in [0.05, 0.1) is 31.0 Å². The second-order valence-electron chi connectivity index (χ2n) is 7.92. The van der Waals surface area contributed by atoms with Gasteiger partial charge in [0.25, 0.3) is 5.79 Å². The molecule has 178 valence electrons. The van der Waals surface area contributed by atoms with Gasteiger partial charge in [-0.3, -0.25) is 4.79 Å². The first-order chi connectivity index (χ1) is 17.0. The van der Waals surface area contributed by atoms with Gasteiger partial charge in [0.1, 0.15) is 6.04 Å². The van der Waals surface area contributed by atoms with Crippen molar-refractivity contribution in [2.45, 2.75) is 11.8 Å². The number of ether oxygens (including phenoxy) is 4. The van der Waals surface area contributed by atoms with Crippen molar-refractivity contribution in [3.8, 4) is 17.2 Å². The number of hydrogen-bond acceptors (Lipinski definition) is 8. The van der Waals surface area contributed by atoms with Crippen molar-refractivity contribution < 1.29 is 33.4 Å². The van der Waals surface area contributed by atoms with Crippen molar-refractivity contribution in [1.29, 1.82) is 0 Å². The Balaban J connectivity index is 1.74. The van der Waals surface area contributed by atoms with Gasteiger partial charge in [-0.2, -0.15) is 0 Å². The molecule has 0 radical (unpaired) electrons. The van der Waals surface area contributed by atoms with Crippen molar-refractivity contribution in [3.63, 3.8) is 0 Å². The van der Waals surface area contributed by atoms with Crippen LogP contribution in [0, 0.1) is 0 Å². The lowest BCUT2D eigenvalue weighted by Gasteiger charge is -2.38. The summed E-state index contributed by atoms with van der Waals surface area (Å²) in [7, 11) is 4.27. The molecule has 2 bridgehead atoms. The van der Waals surface area contributed by atoms with Gasteiger partial charge in [-0.1, -0.05) is 42.5 Å². The Labute approximate surface area is 202 Å². The standard InChI is InChI=1S/C27H23NO7/c1-31-21-16-19-20-14-15-27(33-3,35-28(20)18-12-8-5-9-13-18)25(29)22(19)24(23(21)32-2)34-26(30)17-10-6-4-7-11-17/h4-16,20H,1-3H3/t20-,27+/m1/s1. The molecule has 3 aromatic carbocycles. The first-order valence-electron chi connectivity index (χ1n) is 10.9. The quantitative estimate of drug-likeness (QED) is 0.294. The Hall–Kier alpha value is -4.14. The third kappa shape index (κ3) is 3.63. The number of esters is 1. The second-order valence-corrected chi connectivity index (χ2v) is 7.92. The smallest absolute Gasteiger partial charge is 0.343 e. The summed E-state index contributed by atoms with van der Waals surface area (Å²) >= 11 is 0. The number of carbonyl (C=O) groups excluding carboxylic acids is 2. The van der Waals surface area contributed by atoms with Gasteiger partial charge in [-0.25, -0.2) is 14.7 Å². The topological polar surface area (TPSA) is 83.5 Å². The molecule has 0 unspecified atom stereocenters.